The van der Waals surface area contributed by atoms with Crippen molar-refractivity contribution in [2.45, 2.75) is 6.54 Å². The fourth-order valence-electron chi connectivity index (χ4n) is 1.28. The summed E-state index contributed by atoms with van der Waals surface area (Å²) < 4.78 is 5.28. The Morgan fingerprint density at radius 2 is 1.85 bits per heavy atom. The first-order valence-electron chi connectivity index (χ1n) is 4.32. The predicted octanol–water partition coefficient (Wildman–Crippen LogP) is 1.69. The molecule has 13 heavy (non-hydrogen) atoms. The highest BCUT2D eigenvalue weighted by molar-refractivity contribution is 5.57. The lowest BCUT2D eigenvalue weighted by Crippen LogP contribution is -2.47. The molecule has 0 unspecified atom stereocenters. The molecule has 1 heterocycles. The van der Waals surface area contributed by atoms with Crippen molar-refractivity contribution in [2.75, 3.05) is 0 Å². The van der Waals surface area contributed by atoms with Gasteiger partial charge in [-0.05, 0) is 12.1 Å². The van der Waals surface area contributed by atoms with Gasteiger partial charge in [-0.3, -0.25) is 0 Å². The number of hydrogen-bond acceptors (Lipinski definition) is 1. The maximum atomic E-state index is 5.28. The van der Waals surface area contributed by atoms with Gasteiger partial charge in [-0.1, -0.05) is 24.3 Å². The Morgan fingerprint density at radius 1 is 1.08 bits per heavy atom. The van der Waals surface area contributed by atoms with Gasteiger partial charge in [0.1, 0.15) is 5.76 Å². The zero-order chi connectivity index (χ0) is 9.10. The van der Waals surface area contributed by atoms with E-state index in [1.807, 2.05) is 12.1 Å². The number of hydrogen-bond donors (Lipinski definition) is 1. The molecule has 0 atom stereocenters. The van der Waals surface area contributed by atoms with Gasteiger partial charge in [0.05, 0.1) is 12.8 Å². The van der Waals surface area contributed by atoms with Gasteiger partial charge < -0.3 is 10.2 Å². The van der Waals surface area contributed by atoms with Crippen molar-refractivity contribution in [2.24, 2.45) is 0 Å². The van der Waals surface area contributed by atoms with Gasteiger partial charge in [0.2, 0.25) is 0 Å². The van der Waals surface area contributed by atoms with E-state index in [0.717, 1.165) is 17.9 Å². The monoisotopic (exact) mass is 174 g/mol. The zero-order valence-corrected chi connectivity index (χ0v) is 7.36. The Balaban J connectivity index is 2.33. The van der Waals surface area contributed by atoms with Crippen LogP contribution in [0.4, 0.5) is 0 Å². The minimum absolute atomic E-state index is 0.832. The summed E-state index contributed by atoms with van der Waals surface area (Å²) in [6.45, 7) is 0.832. The number of furan rings is 1. The van der Waals surface area contributed by atoms with Crippen molar-refractivity contribution in [3.63, 3.8) is 0 Å². The predicted molar refractivity (Wildman–Crippen MR) is 50.7 cm³/mol. The highest BCUT2D eigenvalue weighted by atomic mass is 16.3. The second-order valence-electron chi connectivity index (χ2n) is 2.92. The molecule has 0 aliphatic carbocycles. The number of quaternary nitrogens is 1. The van der Waals surface area contributed by atoms with Gasteiger partial charge in [0.25, 0.3) is 0 Å². The van der Waals surface area contributed by atoms with E-state index in [4.69, 9.17) is 4.42 Å². The summed E-state index contributed by atoms with van der Waals surface area (Å²) in [5.41, 5.74) is 6.18. The van der Waals surface area contributed by atoms with E-state index in [1.165, 1.54) is 5.56 Å². The smallest absolute Gasteiger partial charge is 0.133 e. The fourth-order valence-corrected chi connectivity index (χ4v) is 1.28. The molecule has 2 nitrogen and oxygen atoms in total. The van der Waals surface area contributed by atoms with Crippen LogP contribution in [0.5, 0.6) is 0 Å². The molecule has 2 heteroatoms. The maximum Gasteiger partial charge on any atom is 0.133 e. The molecule has 1 aromatic carbocycles. The van der Waals surface area contributed by atoms with Crippen molar-refractivity contribution in [1.29, 1.82) is 0 Å². The van der Waals surface area contributed by atoms with Gasteiger partial charge in [-0.2, -0.15) is 0 Å². The molecule has 1 aromatic heterocycles. The third kappa shape index (κ3) is 1.63. The molecule has 0 bridgehead atoms. The average Bonchev–Trinajstić information content (AvgIpc) is 2.71. The highest BCUT2D eigenvalue weighted by Gasteiger charge is 1.99. The Hall–Kier alpha value is -1.54. The van der Waals surface area contributed by atoms with E-state index in [1.54, 1.807) is 6.26 Å². The normalized spacial score (nSPS) is 10.2. The summed E-state index contributed by atoms with van der Waals surface area (Å²) in [7, 11) is 0. The van der Waals surface area contributed by atoms with Crippen LogP contribution in [-0.2, 0) is 6.54 Å². The zero-order valence-electron chi connectivity index (χ0n) is 7.36. The summed E-state index contributed by atoms with van der Waals surface area (Å²) in [5.74, 6) is 0.913. The number of benzene rings is 1. The van der Waals surface area contributed by atoms with Crippen LogP contribution in [-0.4, -0.2) is 0 Å². The minimum atomic E-state index is 0.832. The Bertz CT molecular complexity index is 361. The van der Waals surface area contributed by atoms with Crippen LogP contribution in [0.2, 0.25) is 0 Å². The minimum Gasteiger partial charge on any atom is -0.464 e. The summed E-state index contributed by atoms with van der Waals surface area (Å²) in [6.07, 6.45) is 1.69. The third-order valence-electron chi connectivity index (χ3n) is 2.05. The van der Waals surface area contributed by atoms with E-state index in [-0.39, 0.29) is 0 Å². The molecule has 0 aliphatic rings. The van der Waals surface area contributed by atoms with Gasteiger partial charge in [0, 0.05) is 11.1 Å². The molecule has 0 radical (unpaired) electrons. The van der Waals surface area contributed by atoms with Crippen molar-refractivity contribution in [3.8, 4) is 11.3 Å². The topological polar surface area (TPSA) is 40.8 Å². The fraction of sp³-hybridized carbons (Fsp3) is 0.0909. The molecule has 0 saturated carbocycles. The van der Waals surface area contributed by atoms with Gasteiger partial charge in [0.15, 0.2) is 0 Å². The summed E-state index contributed by atoms with van der Waals surface area (Å²) in [5, 5.41) is 0. The first-order valence-corrected chi connectivity index (χ1v) is 4.32. The lowest BCUT2D eigenvalue weighted by molar-refractivity contribution is -0.386. The van der Waals surface area contributed by atoms with E-state index in [9.17, 15) is 0 Å². The van der Waals surface area contributed by atoms with Crippen molar-refractivity contribution < 1.29 is 10.2 Å². The van der Waals surface area contributed by atoms with Crippen LogP contribution in [0.3, 0.4) is 0 Å². The summed E-state index contributed by atoms with van der Waals surface area (Å²) in [6, 6.07) is 12.1. The van der Waals surface area contributed by atoms with Crippen molar-refractivity contribution in [1.82, 2.24) is 0 Å². The number of rotatable bonds is 2. The van der Waals surface area contributed by atoms with Crippen molar-refractivity contribution in [3.05, 3.63) is 48.2 Å². The van der Waals surface area contributed by atoms with E-state index in [0.29, 0.717) is 0 Å². The van der Waals surface area contributed by atoms with Crippen LogP contribution in [0.15, 0.2) is 47.1 Å². The van der Waals surface area contributed by atoms with E-state index in [2.05, 4.69) is 30.0 Å². The summed E-state index contributed by atoms with van der Waals surface area (Å²) in [4.78, 5) is 0. The van der Waals surface area contributed by atoms with Crippen molar-refractivity contribution >= 4 is 0 Å². The van der Waals surface area contributed by atoms with Gasteiger partial charge in [-0.15, -0.1) is 0 Å². The molecule has 66 valence electrons. The first kappa shape index (κ1) is 8.08. The molecule has 0 spiro atoms. The largest absolute Gasteiger partial charge is 0.464 e. The molecule has 0 saturated heterocycles. The lowest BCUT2D eigenvalue weighted by Gasteiger charge is -1.97. The van der Waals surface area contributed by atoms with Crippen LogP contribution in [0.1, 0.15) is 5.56 Å². The van der Waals surface area contributed by atoms with Crippen LogP contribution in [0, 0.1) is 0 Å². The highest BCUT2D eigenvalue weighted by Crippen LogP contribution is 2.19. The standard InChI is InChI=1S/C11H11NO/c12-8-9-3-5-10(6-4-9)11-2-1-7-13-11/h1-7H,8,12H2/p+1. The lowest BCUT2D eigenvalue weighted by atomic mass is 10.1. The second kappa shape index (κ2) is 3.46. The average molecular weight is 174 g/mol. The van der Waals surface area contributed by atoms with Crippen LogP contribution in [0.25, 0.3) is 11.3 Å². The molecule has 0 aliphatic heterocycles. The maximum absolute atomic E-state index is 5.28. The van der Waals surface area contributed by atoms with Crippen LogP contribution >= 0.6 is 0 Å². The second-order valence-corrected chi connectivity index (χ2v) is 2.92. The molecule has 2 aromatic rings. The Labute approximate surface area is 77.0 Å². The van der Waals surface area contributed by atoms with Gasteiger partial charge >= 0.3 is 0 Å². The molecule has 3 N–H and O–H groups in total. The van der Waals surface area contributed by atoms with E-state index < -0.39 is 0 Å². The Morgan fingerprint density at radius 3 is 2.38 bits per heavy atom. The van der Waals surface area contributed by atoms with Crippen LogP contribution < -0.4 is 5.73 Å². The third-order valence-corrected chi connectivity index (χ3v) is 2.05. The molecule has 0 fully saturated rings. The first-order chi connectivity index (χ1) is 6.40. The SMILES string of the molecule is [NH3+]Cc1ccc(-c2ccco2)cc1. The molecular weight excluding hydrogens is 162 g/mol. The molecule has 0 amide bonds. The van der Waals surface area contributed by atoms with Gasteiger partial charge in [-0.25, -0.2) is 0 Å². The molecule has 2 rings (SSSR count). The Kier molecular flexibility index (Phi) is 2.15. The summed E-state index contributed by atoms with van der Waals surface area (Å²) >= 11 is 0. The van der Waals surface area contributed by atoms with E-state index >= 15 is 0 Å². The molecular formula is C11H12NO+. The quantitative estimate of drug-likeness (QED) is 0.739.